The molecule has 0 N–H and O–H groups in total. The SMILES string of the molecule is CC(Cl)C(=O)c1cc(Br)ccc1OC(F)F. The van der Waals surface area contributed by atoms with Crippen LogP contribution in [0.2, 0.25) is 0 Å². The lowest BCUT2D eigenvalue weighted by molar-refractivity contribution is -0.0501. The fraction of sp³-hybridized carbons (Fsp3) is 0.300. The summed E-state index contributed by atoms with van der Waals surface area (Å²) >= 11 is 8.76. The maximum absolute atomic E-state index is 12.1. The van der Waals surface area contributed by atoms with Crippen molar-refractivity contribution >= 4 is 33.3 Å². The molecule has 2 nitrogen and oxygen atoms in total. The second kappa shape index (κ2) is 5.59. The molecule has 0 saturated carbocycles. The zero-order valence-electron chi connectivity index (χ0n) is 8.22. The number of hydrogen-bond acceptors (Lipinski definition) is 2. The molecular weight excluding hydrogens is 305 g/mol. The number of halogens is 4. The van der Waals surface area contributed by atoms with Gasteiger partial charge in [-0.3, -0.25) is 4.79 Å². The van der Waals surface area contributed by atoms with Crippen molar-refractivity contribution in [2.45, 2.75) is 18.9 Å². The first-order chi connectivity index (χ1) is 7.41. The Morgan fingerprint density at radius 2 is 2.12 bits per heavy atom. The minimum Gasteiger partial charge on any atom is -0.434 e. The molecule has 0 aliphatic heterocycles. The van der Waals surface area contributed by atoms with Gasteiger partial charge in [-0.05, 0) is 25.1 Å². The Hall–Kier alpha value is -0.680. The summed E-state index contributed by atoms with van der Waals surface area (Å²) in [5, 5.41) is -0.797. The van der Waals surface area contributed by atoms with E-state index in [4.69, 9.17) is 11.6 Å². The fourth-order valence-electron chi connectivity index (χ4n) is 1.11. The number of Topliss-reactive ketones (excluding diaryl/α,β-unsaturated/α-hetero) is 1. The van der Waals surface area contributed by atoms with Gasteiger partial charge in [0.25, 0.3) is 0 Å². The number of hydrogen-bond donors (Lipinski definition) is 0. The first kappa shape index (κ1) is 13.4. The summed E-state index contributed by atoms with van der Waals surface area (Å²) in [6.45, 7) is -1.50. The number of ether oxygens (including phenoxy) is 1. The zero-order valence-corrected chi connectivity index (χ0v) is 10.6. The van der Waals surface area contributed by atoms with E-state index in [-0.39, 0.29) is 11.3 Å². The monoisotopic (exact) mass is 312 g/mol. The van der Waals surface area contributed by atoms with Crippen LogP contribution in [0, 0.1) is 0 Å². The fourth-order valence-corrected chi connectivity index (χ4v) is 1.59. The lowest BCUT2D eigenvalue weighted by Crippen LogP contribution is -2.14. The first-order valence-corrected chi connectivity index (χ1v) is 5.57. The molecule has 1 atom stereocenters. The molecule has 0 aliphatic carbocycles. The van der Waals surface area contributed by atoms with Crippen molar-refractivity contribution in [1.82, 2.24) is 0 Å². The lowest BCUT2D eigenvalue weighted by Gasteiger charge is -2.11. The van der Waals surface area contributed by atoms with Gasteiger partial charge in [0.1, 0.15) is 5.75 Å². The maximum atomic E-state index is 12.1. The van der Waals surface area contributed by atoms with Crippen molar-refractivity contribution in [3.63, 3.8) is 0 Å². The third-order valence-electron chi connectivity index (χ3n) is 1.78. The standard InChI is InChI=1S/C10H8BrClF2O2/c1-5(12)9(15)7-4-6(11)2-3-8(7)16-10(13)14/h2-5,10H,1H3. The van der Waals surface area contributed by atoms with Gasteiger partial charge in [0, 0.05) is 4.47 Å². The van der Waals surface area contributed by atoms with Gasteiger partial charge in [-0.25, -0.2) is 0 Å². The Kier molecular flexibility index (Phi) is 4.68. The molecule has 1 aromatic rings. The minimum atomic E-state index is -2.97. The van der Waals surface area contributed by atoms with Gasteiger partial charge in [-0.1, -0.05) is 15.9 Å². The molecule has 6 heteroatoms. The summed E-state index contributed by atoms with van der Waals surface area (Å²) in [4.78, 5) is 11.6. The van der Waals surface area contributed by atoms with Gasteiger partial charge in [0.05, 0.1) is 10.9 Å². The van der Waals surface area contributed by atoms with Crippen molar-refractivity contribution in [1.29, 1.82) is 0 Å². The molecule has 1 rings (SSSR count). The Balaban J connectivity index is 3.12. The number of benzene rings is 1. The Bertz CT molecular complexity index is 396. The summed E-state index contributed by atoms with van der Waals surface area (Å²) in [7, 11) is 0. The van der Waals surface area contributed by atoms with Crippen molar-refractivity contribution < 1.29 is 18.3 Å². The normalized spacial score (nSPS) is 12.6. The third kappa shape index (κ3) is 3.42. The molecule has 16 heavy (non-hydrogen) atoms. The van der Waals surface area contributed by atoms with Gasteiger partial charge in [0.15, 0.2) is 5.78 Å². The highest BCUT2D eigenvalue weighted by molar-refractivity contribution is 9.10. The van der Waals surface area contributed by atoms with E-state index in [1.165, 1.54) is 25.1 Å². The van der Waals surface area contributed by atoms with Crippen LogP contribution in [-0.4, -0.2) is 17.8 Å². The topological polar surface area (TPSA) is 26.3 Å². The highest BCUT2D eigenvalue weighted by atomic mass is 79.9. The van der Waals surface area contributed by atoms with E-state index < -0.39 is 17.8 Å². The molecule has 88 valence electrons. The summed E-state index contributed by atoms with van der Waals surface area (Å²) in [5.41, 5.74) is 0.0391. The molecule has 0 amide bonds. The smallest absolute Gasteiger partial charge is 0.387 e. The van der Waals surface area contributed by atoms with E-state index in [1.807, 2.05) is 0 Å². The number of carbonyl (C=O) groups is 1. The van der Waals surface area contributed by atoms with Gasteiger partial charge in [0.2, 0.25) is 0 Å². The molecule has 0 aliphatic rings. The van der Waals surface area contributed by atoms with E-state index >= 15 is 0 Å². The molecule has 0 heterocycles. The number of rotatable bonds is 4. The molecule has 0 fully saturated rings. The van der Waals surface area contributed by atoms with Crippen molar-refractivity contribution in [2.75, 3.05) is 0 Å². The van der Waals surface area contributed by atoms with Crippen LogP contribution in [-0.2, 0) is 0 Å². The van der Waals surface area contributed by atoms with Gasteiger partial charge in [-0.2, -0.15) is 8.78 Å². The van der Waals surface area contributed by atoms with Gasteiger partial charge >= 0.3 is 6.61 Å². The average Bonchev–Trinajstić information content (AvgIpc) is 2.18. The molecular formula is C10H8BrClF2O2. The molecule has 0 bridgehead atoms. The molecule has 1 unspecified atom stereocenters. The van der Waals surface area contributed by atoms with Crippen LogP contribution in [0.4, 0.5) is 8.78 Å². The zero-order chi connectivity index (χ0) is 12.3. The Labute approximate surface area is 105 Å². The van der Waals surface area contributed by atoms with Crippen molar-refractivity contribution in [2.24, 2.45) is 0 Å². The summed E-state index contributed by atoms with van der Waals surface area (Å²) in [6.07, 6.45) is 0. The molecule has 0 radical (unpaired) electrons. The van der Waals surface area contributed by atoms with E-state index in [9.17, 15) is 13.6 Å². The van der Waals surface area contributed by atoms with E-state index in [0.717, 1.165) is 0 Å². The average molecular weight is 314 g/mol. The number of ketones is 1. The summed E-state index contributed by atoms with van der Waals surface area (Å²) in [5.74, 6) is -0.630. The van der Waals surface area contributed by atoms with Gasteiger partial charge in [-0.15, -0.1) is 11.6 Å². The van der Waals surface area contributed by atoms with Crippen LogP contribution in [0.1, 0.15) is 17.3 Å². The van der Waals surface area contributed by atoms with Crippen LogP contribution >= 0.6 is 27.5 Å². The quantitative estimate of drug-likeness (QED) is 0.623. The largest absolute Gasteiger partial charge is 0.434 e. The molecule has 0 saturated heterocycles. The predicted molar refractivity (Wildman–Crippen MR) is 60.4 cm³/mol. The first-order valence-electron chi connectivity index (χ1n) is 4.34. The Morgan fingerprint density at radius 3 is 2.62 bits per heavy atom. The van der Waals surface area contributed by atoms with Crippen molar-refractivity contribution in [3.8, 4) is 5.75 Å². The number of alkyl halides is 3. The second-order valence-corrected chi connectivity index (χ2v) is 4.57. The molecule has 1 aromatic carbocycles. The van der Waals surface area contributed by atoms with Crippen molar-refractivity contribution in [3.05, 3.63) is 28.2 Å². The third-order valence-corrected chi connectivity index (χ3v) is 2.48. The molecule has 0 spiro atoms. The van der Waals surface area contributed by atoms with E-state index in [0.29, 0.717) is 4.47 Å². The summed E-state index contributed by atoms with van der Waals surface area (Å²) in [6, 6.07) is 4.20. The number of carbonyl (C=O) groups excluding carboxylic acids is 1. The molecule has 0 aromatic heterocycles. The van der Waals surface area contributed by atoms with E-state index in [2.05, 4.69) is 20.7 Å². The van der Waals surface area contributed by atoms with Crippen LogP contribution in [0.15, 0.2) is 22.7 Å². The van der Waals surface area contributed by atoms with Crippen LogP contribution in [0.5, 0.6) is 5.75 Å². The van der Waals surface area contributed by atoms with Gasteiger partial charge < -0.3 is 4.74 Å². The second-order valence-electron chi connectivity index (χ2n) is 3.00. The van der Waals surface area contributed by atoms with Crippen LogP contribution < -0.4 is 4.74 Å². The lowest BCUT2D eigenvalue weighted by atomic mass is 10.1. The van der Waals surface area contributed by atoms with Crippen LogP contribution in [0.3, 0.4) is 0 Å². The maximum Gasteiger partial charge on any atom is 0.387 e. The van der Waals surface area contributed by atoms with Crippen LogP contribution in [0.25, 0.3) is 0 Å². The highest BCUT2D eigenvalue weighted by Gasteiger charge is 2.19. The minimum absolute atomic E-state index is 0.0391. The Morgan fingerprint density at radius 1 is 1.50 bits per heavy atom. The predicted octanol–water partition coefficient (Wildman–Crippen LogP) is 3.86. The van der Waals surface area contributed by atoms with E-state index in [1.54, 1.807) is 0 Å². The highest BCUT2D eigenvalue weighted by Crippen LogP contribution is 2.26. The summed E-state index contributed by atoms with van der Waals surface area (Å²) < 4.78 is 29.0.